The zero-order chi connectivity index (χ0) is 24.3. The summed E-state index contributed by atoms with van der Waals surface area (Å²) < 4.78 is 12.1. The molecule has 0 spiro atoms. The summed E-state index contributed by atoms with van der Waals surface area (Å²) in [4.78, 5) is 0. The molecule has 2 atom stereocenters. The Labute approximate surface area is 194 Å². The van der Waals surface area contributed by atoms with E-state index < -0.39 is 12.2 Å². The van der Waals surface area contributed by atoms with E-state index in [4.69, 9.17) is 9.47 Å². The number of ether oxygens (including phenoxy) is 2. The Morgan fingerprint density at radius 1 is 0.500 bits per heavy atom. The van der Waals surface area contributed by atoms with Crippen molar-refractivity contribution in [2.75, 3.05) is 13.2 Å². The molecular formula is C28H42O4. The lowest BCUT2D eigenvalue weighted by molar-refractivity contribution is 0.103. The van der Waals surface area contributed by atoms with Gasteiger partial charge < -0.3 is 19.7 Å². The van der Waals surface area contributed by atoms with E-state index in [1.165, 1.54) is 33.4 Å². The Kier molecular flexibility index (Phi) is 8.78. The lowest BCUT2D eigenvalue weighted by Gasteiger charge is -2.26. The Morgan fingerprint density at radius 2 is 0.750 bits per heavy atom. The van der Waals surface area contributed by atoms with Crippen molar-refractivity contribution in [2.24, 2.45) is 0 Å². The summed E-state index contributed by atoms with van der Waals surface area (Å²) >= 11 is 0. The first-order valence-corrected chi connectivity index (χ1v) is 11.8. The van der Waals surface area contributed by atoms with Gasteiger partial charge in [-0.15, -0.1) is 0 Å². The van der Waals surface area contributed by atoms with Crippen molar-refractivity contribution >= 4 is 0 Å². The van der Waals surface area contributed by atoms with Crippen LogP contribution >= 0.6 is 0 Å². The third-order valence-corrected chi connectivity index (χ3v) is 7.14. The molecule has 0 heterocycles. The van der Waals surface area contributed by atoms with Crippen molar-refractivity contribution in [3.05, 3.63) is 44.5 Å². The van der Waals surface area contributed by atoms with E-state index in [0.717, 1.165) is 33.8 Å². The first kappa shape index (κ1) is 26.2. The highest BCUT2D eigenvalue weighted by Gasteiger charge is 2.24. The van der Waals surface area contributed by atoms with Crippen LogP contribution in [0.4, 0.5) is 0 Å². The summed E-state index contributed by atoms with van der Waals surface area (Å²) in [7, 11) is 0. The maximum atomic E-state index is 9.97. The molecular weight excluding hydrogens is 400 g/mol. The first-order chi connectivity index (χ1) is 15.0. The van der Waals surface area contributed by atoms with Gasteiger partial charge in [-0.25, -0.2) is 0 Å². The largest absolute Gasteiger partial charge is 0.490 e. The quantitative estimate of drug-likeness (QED) is 0.491. The summed E-state index contributed by atoms with van der Waals surface area (Å²) in [5, 5.41) is 19.9. The third kappa shape index (κ3) is 4.97. The van der Waals surface area contributed by atoms with Crippen molar-refractivity contribution in [1.82, 2.24) is 0 Å². The Hall–Kier alpha value is -2.04. The number of hydrogen-bond acceptors (Lipinski definition) is 4. The van der Waals surface area contributed by atoms with Crippen LogP contribution in [-0.2, 0) is 0 Å². The predicted molar refractivity (Wildman–Crippen MR) is 133 cm³/mol. The highest BCUT2D eigenvalue weighted by atomic mass is 16.5. The zero-order valence-electron chi connectivity index (χ0n) is 21.7. The van der Waals surface area contributed by atoms with Gasteiger partial charge >= 0.3 is 0 Å². The van der Waals surface area contributed by atoms with E-state index in [0.29, 0.717) is 26.1 Å². The molecule has 0 aliphatic heterocycles. The van der Waals surface area contributed by atoms with Crippen LogP contribution in [0.1, 0.15) is 71.2 Å². The van der Waals surface area contributed by atoms with Gasteiger partial charge in [-0.2, -0.15) is 0 Å². The average molecular weight is 443 g/mol. The Morgan fingerprint density at radius 3 is 0.969 bits per heavy atom. The normalized spacial score (nSPS) is 13.2. The van der Waals surface area contributed by atoms with Gasteiger partial charge in [0.2, 0.25) is 0 Å². The van der Waals surface area contributed by atoms with Gasteiger partial charge in [0.05, 0.1) is 12.2 Å². The number of aliphatic hydroxyl groups excluding tert-OH is 2. The molecule has 2 unspecified atom stereocenters. The maximum Gasteiger partial charge on any atom is 0.125 e. The maximum absolute atomic E-state index is 9.97. The van der Waals surface area contributed by atoms with Crippen molar-refractivity contribution in [1.29, 1.82) is 0 Å². The SMILES string of the molecule is CCC(O)COc1c(C)c(C)c(-c2c(C)c(C)c(OCC(O)CC)c(C)c2C)c(C)c1C. The predicted octanol–water partition coefficient (Wildman–Crippen LogP) is 6.12. The van der Waals surface area contributed by atoms with E-state index in [1.807, 2.05) is 13.8 Å². The molecule has 0 aliphatic carbocycles. The van der Waals surface area contributed by atoms with Crippen molar-refractivity contribution < 1.29 is 19.7 Å². The van der Waals surface area contributed by atoms with Crippen LogP contribution in [0.25, 0.3) is 11.1 Å². The van der Waals surface area contributed by atoms with Crippen LogP contribution in [0.3, 0.4) is 0 Å². The third-order valence-electron chi connectivity index (χ3n) is 7.14. The minimum atomic E-state index is -0.456. The van der Waals surface area contributed by atoms with Crippen LogP contribution < -0.4 is 9.47 Å². The average Bonchev–Trinajstić information content (AvgIpc) is 2.78. The highest BCUT2D eigenvalue weighted by molar-refractivity contribution is 5.82. The molecule has 0 saturated carbocycles. The molecule has 178 valence electrons. The highest BCUT2D eigenvalue weighted by Crippen LogP contribution is 2.44. The van der Waals surface area contributed by atoms with E-state index in [2.05, 4.69) is 55.4 Å². The Bertz CT molecular complexity index is 837. The van der Waals surface area contributed by atoms with Gasteiger partial charge in [0.1, 0.15) is 24.7 Å². The molecule has 4 nitrogen and oxygen atoms in total. The van der Waals surface area contributed by atoms with E-state index in [1.54, 1.807) is 0 Å². The molecule has 0 radical (unpaired) electrons. The molecule has 0 bridgehead atoms. The second-order valence-corrected chi connectivity index (χ2v) is 9.15. The van der Waals surface area contributed by atoms with E-state index in [9.17, 15) is 10.2 Å². The molecule has 0 amide bonds. The van der Waals surface area contributed by atoms with Crippen LogP contribution in [0, 0.1) is 55.4 Å². The topological polar surface area (TPSA) is 58.9 Å². The first-order valence-electron chi connectivity index (χ1n) is 11.8. The Balaban J connectivity index is 2.65. The number of aliphatic hydroxyl groups is 2. The summed E-state index contributed by atoms with van der Waals surface area (Å²) in [5.74, 6) is 1.77. The van der Waals surface area contributed by atoms with Crippen LogP contribution in [0.5, 0.6) is 11.5 Å². The van der Waals surface area contributed by atoms with Crippen LogP contribution in [0.2, 0.25) is 0 Å². The molecule has 32 heavy (non-hydrogen) atoms. The standard InChI is InChI=1S/C28H42O4/c1-11-23(29)13-31-27-19(7)15(3)25(16(4)20(27)8)26-17(5)21(9)28(22(10)18(26)6)32-14-24(30)12-2/h23-24,29-30H,11-14H2,1-10H3. The van der Waals surface area contributed by atoms with Crippen LogP contribution in [0.15, 0.2) is 0 Å². The molecule has 2 rings (SSSR count). The number of hydrogen-bond donors (Lipinski definition) is 2. The molecule has 2 aromatic rings. The minimum Gasteiger partial charge on any atom is -0.490 e. The van der Waals surface area contributed by atoms with Gasteiger partial charge in [0, 0.05) is 0 Å². The monoisotopic (exact) mass is 442 g/mol. The molecule has 0 aliphatic rings. The summed E-state index contributed by atoms with van der Waals surface area (Å²) in [5.41, 5.74) is 11.8. The smallest absolute Gasteiger partial charge is 0.125 e. The second-order valence-electron chi connectivity index (χ2n) is 9.15. The lowest BCUT2D eigenvalue weighted by atomic mass is 9.82. The van der Waals surface area contributed by atoms with Gasteiger partial charge in [-0.05, 0) is 124 Å². The second kappa shape index (κ2) is 10.7. The minimum absolute atomic E-state index is 0.308. The molecule has 0 fully saturated rings. The molecule has 0 saturated heterocycles. The van der Waals surface area contributed by atoms with Gasteiger partial charge in [0.15, 0.2) is 0 Å². The summed E-state index contributed by atoms with van der Waals surface area (Å²) in [6.45, 7) is 21.6. The van der Waals surface area contributed by atoms with Gasteiger partial charge in [-0.1, -0.05) is 13.8 Å². The zero-order valence-corrected chi connectivity index (χ0v) is 21.7. The fraction of sp³-hybridized carbons (Fsp3) is 0.571. The molecule has 0 aromatic heterocycles. The van der Waals surface area contributed by atoms with Crippen LogP contribution in [-0.4, -0.2) is 35.6 Å². The van der Waals surface area contributed by atoms with Gasteiger partial charge in [-0.3, -0.25) is 0 Å². The van der Waals surface area contributed by atoms with Crippen molar-refractivity contribution in [3.8, 4) is 22.6 Å². The fourth-order valence-electron chi connectivity index (χ4n) is 4.33. The van der Waals surface area contributed by atoms with Crippen molar-refractivity contribution in [3.63, 3.8) is 0 Å². The summed E-state index contributed by atoms with van der Waals surface area (Å²) in [6, 6.07) is 0. The number of benzene rings is 2. The fourth-order valence-corrected chi connectivity index (χ4v) is 4.33. The molecule has 2 aromatic carbocycles. The summed E-state index contributed by atoms with van der Waals surface area (Å²) in [6.07, 6.45) is 0.439. The van der Waals surface area contributed by atoms with E-state index >= 15 is 0 Å². The number of rotatable bonds is 9. The molecule has 2 N–H and O–H groups in total. The lowest BCUT2D eigenvalue weighted by Crippen LogP contribution is -2.18. The van der Waals surface area contributed by atoms with Crippen molar-refractivity contribution in [2.45, 2.75) is 94.3 Å². The molecule has 4 heteroatoms. The van der Waals surface area contributed by atoms with E-state index in [-0.39, 0.29) is 0 Å². The van der Waals surface area contributed by atoms with Gasteiger partial charge in [0.25, 0.3) is 0 Å².